The average Bonchev–Trinajstić information content (AvgIpc) is 1.88. The Kier molecular flexibility index (Phi) is 4.16. The summed E-state index contributed by atoms with van der Waals surface area (Å²) in [6, 6.07) is 8.50. The van der Waals surface area contributed by atoms with Crippen LogP contribution in [0.2, 0.25) is 0 Å². The molecule has 0 aliphatic heterocycles. The normalized spacial score (nSPS) is 8.60. The van der Waals surface area contributed by atoms with E-state index in [2.05, 4.69) is 37.4 Å². The van der Waals surface area contributed by atoms with E-state index in [1.165, 1.54) is 10.5 Å². The maximum atomic E-state index is 2.19. The van der Waals surface area contributed by atoms with Gasteiger partial charge in [-0.1, -0.05) is 17.7 Å². The number of hydrogen-bond acceptors (Lipinski definition) is 1. The summed E-state index contributed by atoms with van der Waals surface area (Å²) in [5.41, 5.74) is 1.34. The van der Waals surface area contributed by atoms with Gasteiger partial charge in [-0.2, -0.15) is 0 Å². The molecule has 0 unspecified atom stereocenters. The molecule has 56 valence electrons. The lowest BCUT2D eigenvalue weighted by atomic mass is 10.2. The molecule has 0 amide bonds. The van der Waals surface area contributed by atoms with E-state index in [1.54, 1.807) is 11.8 Å². The van der Waals surface area contributed by atoms with E-state index in [-0.39, 0.29) is 5.48 Å². The van der Waals surface area contributed by atoms with E-state index in [4.69, 9.17) is 0 Å². The molecule has 1 aromatic rings. The van der Waals surface area contributed by atoms with Crippen LogP contribution in [0.25, 0.3) is 0 Å². The molecule has 0 spiro atoms. The minimum atomic E-state index is 0. The van der Waals surface area contributed by atoms with Gasteiger partial charge in [0.25, 0.3) is 0 Å². The zero-order valence-corrected chi connectivity index (χ0v) is 7.03. The van der Waals surface area contributed by atoms with Crippen molar-refractivity contribution in [2.24, 2.45) is 0 Å². The molecule has 0 radical (unpaired) electrons. The number of hydrogen-bond donors (Lipinski definition) is 0. The van der Waals surface area contributed by atoms with E-state index >= 15 is 0 Å². The smallest absolute Gasteiger partial charge is 0.00717 e. The first-order valence-electron chi connectivity index (χ1n) is 2.93. The molecule has 1 nitrogen and oxygen atoms in total. The van der Waals surface area contributed by atoms with Crippen molar-refractivity contribution in [3.63, 3.8) is 0 Å². The summed E-state index contributed by atoms with van der Waals surface area (Å²) in [4.78, 5) is 1.34. The molecule has 0 aromatic heterocycles. The van der Waals surface area contributed by atoms with Crippen molar-refractivity contribution in [3.05, 3.63) is 29.8 Å². The van der Waals surface area contributed by atoms with Crippen molar-refractivity contribution in [1.29, 1.82) is 0 Å². The number of thioether (sulfide) groups is 1. The van der Waals surface area contributed by atoms with Crippen LogP contribution in [0.5, 0.6) is 0 Å². The molecule has 0 bridgehead atoms. The zero-order chi connectivity index (χ0) is 6.69. The Morgan fingerprint density at radius 3 is 2.40 bits per heavy atom. The van der Waals surface area contributed by atoms with E-state index in [9.17, 15) is 0 Å². The lowest BCUT2D eigenvalue weighted by molar-refractivity contribution is 0.824. The molecule has 1 aromatic carbocycles. The Hall–Kier alpha value is -0.470. The van der Waals surface area contributed by atoms with E-state index in [0.717, 1.165) is 0 Å². The molecule has 0 aliphatic rings. The zero-order valence-electron chi connectivity index (χ0n) is 6.22. The summed E-state index contributed by atoms with van der Waals surface area (Å²) >= 11 is 1.78. The minimum Gasteiger partial charge on any atom is -0.412 e. The van der Waals surface area contributed by atoms with Gasteiger partial charge < -0.3 is 5.48 Å². The lowest BCUT2D eigenvalue weighted by Gasteiger charge is -1.94. The van der Waals surface area contributed by atoms with Gasteiger partial charge in [0, 0.05) is 4.90 Å². The molecular formula is C8H12OS. The standard InChI is InChI=1S/C8H10S.H2O/c1-7-4-3-5-8(6-7)9-2;/h3-6H,1-2H3;1H2. The Balaban J connectivity index is 0.000000810. The second-order valence-electron chi connectivity index (χ2n) is 2.02. The van der Waals surface area contributed by atoms with Gasteiger partial charge in [0.15, 0.2) is 0 Å². The van der Waals surface area contributed by atoms with Gasteiger partial charge in [0.1, 0.15) is 0 Å². The monoisotopic (exact) mass is 156 g/mol. The van der Waals surface area contributed by atoms with Crippen LogP contribution in [-0.2, 0) is 0 Å². The van der Waals surface area contributed by atoms with Crippen molar-refractivity contribution in [2.45, 2.75) is 11.8 Å². The Labute approximate surface area is 65.8 Å². The summed E-state index contributed by atoms with van der Waals surface area (Å²) in [5, 5.41) is 0. The average molecular weight is 156 g/mol. The van der Waals surface area contributed by atoms with Gasteiger partial charge in [-0.05, 0) is 25.3 Å². The third kappa shape index (κ3) is 2.42. The first-order valence-corrected chi connectivity index (χ1v) is 4.16. The van der Waals surface area contributed by atoms with Crippen LogP contribution in [0.15, 0.2) is 29.2 Å². The second kappa shape index (κ2) is 4.36. The van der Waals surface area contributed by atoms with Gasteiger partial charge in [-0.25, -0.2) is 0 Å². The quantitative estimate of drug-likeness (QED) is 0.571. The fourth-order valence-electron chi connectivity index (χ4n) is 0.742. The predicted octanol–water partition coefficient (Wildman–Crippen LogP) is 1.89. The second-order valence-corrected chi connectivity index (χ2v) is 2.90. The van der Waals surface area contributed by atoms with Crippen molar-refractivity contribution in [3.8, 4) is 0 Å². The highest BCUT2D eigenvalue weighted by atomic mass is 32.2. The minimum absolute atomic E-state index is 0. The molecule has 10 heavy (non-hydrogen) atoms. The Bertz CT molecular complexity index is 198. The van der Waals surface area contributed by atoms with Gasteiger partial charge in [-0.15, -0.1) is 11.8 Å². The van der Waals surface area contributed by atoms with Crippen molar-refractivity contribution >= 4 is 11.8 Å². The fourth-order valence-corrected chi connectivity index (χ4v) is 1.26. The maximum Gasteiger partial charge on any atom is 0.00717 e. The Morgan fingerprint density at radius 1 is 1.30 bits per heavy atom. The molecule has 0 heterocycles. The molecule has 0 saturated carbocycles. The third-order valence-electron chi connectivity index (χ3n) is 1.23. The number of rotatable bonds is 1. The van der Waals surface area contributed by atoms with Gasteiger partial charge in [-0.3, -0.25) is 0 Å². The van der Waals surface area contributed by atoms with Crippen molar-refractivity contribution in [2.75, 3.05) is 6.26 Å². The fraction of sp³-hybridized carbons (Fsp3) is 0.250. The first-order chi connectivity index (χ1) is 4.33. The molecule has 2 heteroatoms. The first kappa shape index (κ1) is 9.53. The molecule has 0 saturated heterocycles. The summed E-state index contributed by atoms with van der Waals surface area (Å²) in [7, 11) is 0. The van der Waals surface area contributed by atoms with E-state index in [1.807, 2.05) is 0 Å². The topological polar surface area (TPSA) is 31.5 Å². The van der Waals surface area contributed by atoms with Crippen LogP contribution in [0.4, 0.5) is 0 Å². The number of aryl methyl sites for hydroxylation is 1. The summed E-state index contributed by atoms with van der Waals surface area (Å²) in [5.74, 6) is 0. The summed E-state index contributed by atoms with van der Waals surface area (Å²) in [6.07, 6.45) is 2.09. The largest absolute Gasteiger partial charge is 0.412 e. The Morgan fingerprint density at radius 2 is 2.00 bits per heavy atom. The van der Waals surface area contributed by atoms with Crippen LogP contribution >= 0.6 is 11.8 Å². The third-order valence-corrected chi connectivity index (χ3v) is 1.95. The highest BCUT2D eigenvalue weighted by Crippen LogP contribution is 2.14. The molecular weight excluding hydrogens is 144 g/mol. The van der Waals surface area contributed by atoms with Gasteiger partial charge >= 0.3 is 0 Å². The predicted molar refractivity (Wildman–Crippen MR) is 46.6 cm³/mol. The number of benzene rings is 1. The van der Waals surface area contributed by atoms with Crippen LogP contribution in [0.3, 0.4) is 0 Å². The summed E-state index contributed by atoms with van der Waals surface area (Å²) < 4.78 is 0. The van der Waals surface area contributed by atoms with E-state index < -0.39 is 0 Å². The van der Waals surface area contributed by atoms with Crippen LogP contribution in [0.1, 0.15) is 5.56 Å². The molecule has 0 fully saturated rings. The summed E-state index contributed by atoms with van der Waals surface area (Å²) in [6.45, 7) is 2.11. The van der Waals surface area contributed by atoms with Crippen LogP contribution in [-0.4, -0.2) is 11.7 Å². The SMILES string of the molecule is CSc1cccc(C)c1.O. The maximum absolute atomic E-state index is 2.19. The van der Waals surface area contributed by atoms with Crippen LogP contribution < -0.4 is 0 Å². The van der Waals surface area contributed by atoms with Crippen LogP contribution in [0, 0.1) is 6.92 Å². The van der Waals surface area contributed by atoms with Crippen molar-refractivity contribution in [1.82, 2.24) is 0 Å². The highest BCUT2D eigenvalue weighted by Gasteiger charge is 1.86. The molecule has 0 atom stereocenters. The van der Waals surface area contributed by atoms with Crippen molar-refractivity contribution < 1.29 is 5.48 Å². The molecule has 1 rings (SSSR count). The van der Waals surface area contributed by atoms with Gasteiger partial charge in [0.05, 0.1) is 0 Å². The van der Waals surface area contributed by atoms with E-state index in [0.29, 0.717) is 0 Å². The highest BCUT2D eigenvalue weighted by molar-refractivity contribution is 7.98. The van der Waals surface area contributed by atoms with Gasteiger partial charge in [0.2, 0.25) is 0 Å². The lowest BCUT2D eigenvalue weighted by Crippen LogP contribution is -1.71. The molecule has 2 N–H and O–H groups in total. The molecule has 0 aliphatic carbocycles.